The van der Waals surface area contributed by atoms with Gasteiger partial charge in [-0.2, -0.15) is 13.2 Å². The summed E-state index contributed by atoms with van der Waals surface area (Å²) in [6.45, 7) is 7.39. The Morgan fingerprint density at radius 1 is 1.29 bits per heavy atom. The van der Waals surface area contributed by atoms with Crippen LogP contribution in [0.4, 0.5) is 13.2 Å². The fraction of sp³-hybridized carbons (Fsp3) is 0.750. The number of likely N-dealkylation sites (tertiary alicyclic amines) is 1. The number of aliphatic imine (C=N–C) groups is 1. The van der Waals surface area contributed by atoms with Gasteiger partial charge in [0.05, 0.1) is 32.3 Å². The molecule has 0 amide bonds. The zero-order valence-electron chi connectivity index (χ0n) is 17.9. The summed E-state index contributed by atoms with van der Waals surface area (Å²) in [5.74, 6) is 0.921. The molecule has 2 N–H and O–H groups in total. The van der Waals surface area contributed by atoms with Gasteiger partial charge < -0.3 is 15.4 Å². The van der Waals surface area contributed by atoms with Crippen LogP contribution in [0, 0.1) is 5.92 Å². The molecule has 3 heterocycles. The molecule has 1 aromatic rings. The van der Waals surface area contributed by atoms with Crippen molar-refractivity contribution in [2.24, 2.45) is 10.9 Å². The second-order valence-corrected chi connectivity index (χ2v) is 8.76. The number of guanidine groups is 1. The molecule has 0 aliphatic carbocycles. The van der Waals surface area contributed by atoms with E-state index in [1.807, 2.05) is 6.92 Å². The normalized spacial score (nSPS) is 22.2. The zero-order chi connectivity index (χ0) is 21.4. The molecule has 2 atom stereocenters. The Hall–Kier alpha value is -0.630. The van der Waals surface area contributed by atoms with Gasteiger partial charge in [-0.05, 0) is 37.3 Å². The predicted molar refractivity (Wildman–Crippen MR) is 129 cm³/mol. The Morgan fingerprint density at radius 2 is 2.06 bits per heavy atom. The molecule has 3 rings (SSSR count). The molecular formula is C20H33F3IN5OS. The molecule has 0 bridgehead atoms. The number of thiophene rings is 1. The standard InChI is InChI=1S/C20H32F3N5OS.HI/c1-2-24-19(25-12-16-5-6-27(14-16)15-20(21,22)23)26-13-17(18-4-3-11-30-18)28-7-9-29-10-8-28;/h3-4,11,16-17H,2,5-10,12-15H2,1H3,(H2,24,25,26);1H. The Morgan fingerprint density at radius 3 is 2.71 bits per heavy atom. The number of nitrogens with zero attached hydrogens (tertiary/aromatic N) is 3. The van der Waals surface area contributed by atoms with Gasteiger partial charge in [-0.3, -0.25) is 14.8 Å². The van der Waals surface area contributed by atoms with Crippen LogP contribution >= 0.6 is 35.3 Å². The number of nitrogens with one attached hydrogen (secondary N) is 2. The van der Waals surface area contributed by atoms with E-state index in [1.54, 1.807) is 11.3 Å². The molecular weight excluding hydrogens is 542 g/mol. The lowest BCUT2D eigenvalue weighted by Crippen LogP contribution is -2.42. The molecule has 31 heavy (non-hydrogen) atoms. The minimum absolute atomic E-state index is 0. The summed E-state index contributed by atoms with van der Waals surface area (Å²) in [6.07, 6.45) is -3.36. The first-order chi connectivity index (χ1) is 14.4. The van der Waals surface area contributed by atoms with Gasteiger partial charge in [0.2, 0.25) is 0 Å². The number of alkyl halides is 3. The van der Waals surface area contributed by atoms with Crippen molar-refractivity contribution < 1.29 is 17.9 Å². The Bertz CT molecular complexity index is 656. The van der Waals surface area contributed by atoms with E-state index in [1.165, 1.54) is 9.78 Å². The molecule has 0 aromatic carbocycles. The molecule has 2 aliphatic rings. The number of hydrogen-bond acceptors (Lipinski definition) is 5. The van der Waals surface area contributed by atoms with Gasteiger partial charge in [0.1, 0.15) is 0 Å². The predicted octanol–water partition coefficient (Wildman–Crippen LogP) is 3.18. The van der Waals surface area contributed by atoms with E-state index in [-0.39, 0.29) is 35.9 Å². The van der Waals surface area contributed by atoms with Crippen LogP contribution in [0.5, 0.6) is 0 Å². The minimum Gasteiger partial charge on any atom is -0.379 e. The number of hydrogen-bond donors (Lipinski definition) is 2. The van der Waals surface area contributed by atoms with E-state index in [0.717, 1.165) is 45.2 Å². The van der Waals surface area contributed by atoms with Gasteiger partial charge >= 0.3 is 6.18 Å². The van der Waals surface area contributed by atoms with Crippen LogP contribution in [-0.4, -0.2) is 87.5 Å². The molecule has 178 valence electrons. The van der Waals surface area contributed by atoms with Crippen molar-refractivity contribution in [1.82, 2.24) is 20.4 Å². The summed E-state index contributed by atoms with van der Waals surface area (Å²) >= 11 is 1.74. The van der Waals surface area contributed by atoms with Gasteiger partial charge in [0.15, 0.2) is 5.96 Å². The maximum absolute atomic E-state index is 12.6. The number of halogens is 4. The lowest BCUT2D eigenvalue weighted by atomic mass is 10.1. The van der Waals surface area contributed by atoms with Crippen molar-refractivity contribution in [3.05, 3.63) is 22.4 Å². The van der Waals surface area contributed by atoms with Crippen LogP contribution in [0.25, 0.3) is 0 Å². The van der Waals surface area contributed by atoms with Crippen molar-refractivity contribution in [1.29, 1.82) is 0 Å². The van der Waals surface area contributed by atoms with Crippen molar-refractivity contribution in [3.63, 3.8) is 0 Å². The van der Waals surface area contributed by atoms with E-state index < -0.39 is 12.7 Å². The summed E-state index contributed by atoms with van der Waals surface area (Å²) in [5, 5.41) is 8.69. The quantitative estimate of drug-likeness (QED) is 0.284. The third-order valence-corrected chi connectivity index (χ3v) is 6.43. The average molecular weight is 575 g/mol. The topological polar surface area (TPSA) is 52.1 Å². The smallest absolute Gasteiger partial charge is 0.379 e. The van der Waals surface area contributed by atoms with Crippen LogP contribution in [0.3, 0.4) is 0 Å². The summed E-state index contributed by atoms with van der Waals surface area (Å²) in [5.41, 5.74) is 0. The van der Waals surface area contributed by atoms with Gasteiger partial charge in [0.25, 0.3) is 0 Å². The molecule has 1 aromatic heterocycles. The highest BCUT2D eigenvalue weighted by molar-refractivity contribution is 14.0. The minimum atomic E-state index is -4.13. The average Bonchev–Trinajstić information content (AvgIpc) is 3.38. The highest BCUT2D eigenvalue weighted by Gasteiger charge is 2.34. The number of ether oxygens (including phenoxy) is 1. The Labute approximate surface area is 203 Å². The highest BCUT2D eigenvalue weighted by Crippen LogP contribution is 2.26. The lowest BCUT2D eigenvalue weighted by Gasteiger charge is -2.33. The summed E-state index contributed by atoms with van der Waals surface area (Å²) < 4.78 is 43.3. The summed E-state index contributed by atoms with van der Waals surface area (Å²) in [6, 6.07) is 4.42. The van der Waals surface area contributed by atoms with E-state index in [2.05, 4.69) is 33.0 Å². The maximum Gasteiger partial charge on any atom is 0.401 e. The van der Waals surface area contributed by atoms with Crippen LogP contribution in [0.1, 0.15) is 24.3 Å². The Kier molecular flexibility index (Phi) is 11.3. The van der Waals surface area contributed by atoms with Crippen molar-refractivity contribution >= 4 is 41.3 Å². The molecule has 6 nitrogen and oxygen atoms in total. The second kappa shape index (κ2) is 13.2. The summed E-state index contributed by atoms with van der Waals surface area (Å²) in [4.78, 5) is 10.00. The van der Waals surface area contributed by atoms with Crippen LogP contribution < -0.4 is 10.6 Å². The molecule has 2 saturated heterocycles. The highest BCUT2D eigenvalue weighted by atomic mass is 127. The first kappa shape index (κ1) is 26.6. The monoisotopic (exact) mass is 575 g/mol. The van der Waals surface area contributed by atoms with Gasteiger partial charge in [0, 0.05) is 37.6 Å². The third-order valence-electron chi connectivity index (χ3n) is 5.46. The molecule has 2 fully saturated rings. The second-order valence-electron chi connectivity index (χ2n) is 7.79. The summed E-state index contributed by atoms with van der Waals surface area (Å²) in [7, 11) is 0. The fourth-order valence-corrected chi connectivity index (χ4v) is 4.84. The van der Waals surface area contributed by atoms with Gasteiger partial charge in [-0.25, -0.2) is 0 Å². The first-order valence-electron chi connectivity index (χ1n) is 10.6. The largest absolute Gasteiger partial charge is 0.401 e. The zero-order valence-corrected chi connectivity index (χ0v) is 21.0. The van der Waals surface area contributed by atoms with E-state index in [0.29, 0.717) is 26.2 Å². The Balaban J connectivity index is 0.00000341. The lowest BCUT2D eigenvalue weighted by molar-refractivity contribution is -0.143. The molecule has 11 heteroatoms. The third kappa shape index (κ3) is 9.03. The van der Waals surface area contributed by atoms with Gasteiger partial charge in [-0.15, -0.1) is 35.3 Å². The van der Waals surface area contributed by atoms with E-state index in [4.69, 9.17) is 9.73 Å². The van der Waals surface area contributed by atoms with Crippen molar-refractivity contribution in [2.75, 3.05) is 65.6 Å². The molecule has 0 saturated carbocycles. The molecule has 0 spiro atoms. The first-order valence-corrected chi connectivity index (χ1v) is 11.5. The van der Waals surface area contributed by atoms with E-state index >= 15 is 0 Å². The van der Waals surface area contributed by atoms with Crippen LogP contribution in [0.15, 0.2) is 22.5 Å². The van der Waals surface area contributed by atoms with Crippen LogP contribution in [0.2, 0.25) is 0 Å². The van der Waals surface area contributed by atoms with Crippen molar-refractivity contribution in [2.45, 2.75) is 25.6 Å². The number of morpholine rings is 1. The molecule has 0 radical (unpaired) electrons. The number of rotatable bonds is 8. The SMILES string of the molecule is CCNC(=NCC(c1cccs1)N1CCOCC1)NCC1CCN(CC(F)(F)F)C1.I. The molecule has 2 aliphatic heterocycles. The fourth-order valence-electron chi connectivity index (χ4n) is 3.99. The maximum atomic E-state index is 12.6. The van der Waals surface area contributed by atoms with Crippen molar-refractivity contribution in [3.8, 4) is 0 Å². The van der Waals surface area contributed by atoms with Gasteiger partial charge in [-0.1, -0.05) is 6.07 Å². The van der Waals surface area contributed by atoms with Crippen LogP contribution in [-0.2, 0) is 4.74 Å². The van der Waals surface area contributed by atoms with E-state index in [9.17, 15) is 13.2 Å². The molecule has 2 unspecified atom stereocenters.